The minimum absolute atomic E-state index is 0.0793. The topological polar surface area (TPSA) is 76.3 Å². The fraction of sp³-hybridized carbons (Fsp3) is 0.533. The van der Waals surface area contributed by atoms with Gasteiger partial charge in [-0.15, -0.1) is 0 Å². The van der Waals surface area contributed by atoms with Crippen molar-refractivity contribution in [2.45, 2.75) is 38.5 Å². The summed E-state index contributed by atoms with van der Waals surface area (Å²) < 4.78 is 0. The Morgan fingerprint density at radius 2 is 1.95 bits per heavy atom. The molecular weight excluding hydrogens is 286 g/mol. The van der Waals surface area contributed by atoms with Crippen LogP contribution in [0.25, 0.3) is 0 Å². The third-order valence-electron chi connectivity index (χ3n) is 4.21. The number of carbonyl (C=O) groups is 2. The van der Waals surface area contributed by atoms with Crippen LogP contribution in [0.1, 0.15) is 43.4 Å². The van der Waals surface area contributed by atoms with Crippen molar-refractivity contribution in [2.24, 2.45) is 11.1 Å². The minimum Gasteiger partial charge on any atom is -0.320 e. The second-order valence-electron chi connectivity index (χ2n) is 5.70. The van der Waals surface area contributed by atoms with E-state index in [9.17, 15) is 9.59 Å². The summed E-state index contributed by atoms with van der Waals surface area (Å²) in [7, 11) is 0. The number of anilines is 1. The molecule has 2 amide bonds. The molecule has 1 saturated carbocycles. The quantitative estimate of drug-likeness (QED) is 0.632. The number of piperidine rings is 1. The normalized spacial score (nSPS) is 20.7. The molecule has 0 bridgehead atoms. The number of thiazole rings is 1. The number of aromatic nitrogens is 1. The molecule has 0 atom stereocenters. The molecule has 1 spiro atoms. The number of hydrogen-bond acceptors (Lipinski definition) is 5. The summed E-state index contributed by atoms with van der Waals surface area (Å²) in [5.74, 6) is 5.37. The summed E-state index contributed by atoms with van der Waals surface area (Å²) in [6, 6.07) is 0. The van der Waals surface area contributed by atoms with Crippen LogP contribution in [-0.4, -0.2) is 23.3 Å². The van der Waals surface area contributed by atoms with Crippen molar-refractivity contribution in [3.8, 4) is 11.8 Å². The van der Waals surface area contributed by atoms with E-state index in [-0.39, 0.29) is 23.8 Å². The summed E-state index contributed by atoms with van der Waals surface area (Å²) in [5, 5.41) is 0.430. The van der Waals surface area contributed by atoms with E-state index in [1.807, 2.05) is 0 Å². The Hall–Kier alpha value is -1.71. The van der Waals surface area contributed by atoms with Gasteiger partial charge in [0.05, 0.1) is 17.6 Å². The average molecular weight is 303 g/mol. The summed E-state index contributed by atoms with van der Waals surface area (Å²) in [6.07, 6.45) is 6.73. The second-order valence-corrected chi connectivity index (χ2v) is 6.71. The maximum Gasteiger partial charge on any atom is 0.236 e. The first-order valence-electron chi connectivity index (χ1n) is 7.14. The number of hydrogen-bond donors (Lipinski definition) is 1. The Bertz CT molecular complexity index is 615. The number of imide groups is 1. The SMILES string of the molecule is NCC#Cc1cnc(N2C(=O)CC3(CCCC3)CC2=O)s1. The maximum absolute atomic E-state index is 12.4. The third-order valence-corrected chi connectivity index (χ3v) is 5.11. The van der Waals surface area contributed by atoms with Crippen molar-refractivity contribution in [3.05, 3.63) is 11.1 Å². The third kappa shape index (κ3) is 2.71. The van der Waals surface area contributed by atoms with Gasteiger partial charge in [-0.3, -0.25) is 9.59 Å². The molecule has 0 unspecified atom stereocenters. The molecule has 0 aromatic carbocycles. The fourth-order valence-corrected chi connectivity index (χ4v) is 4.08. The van der Waals surface area contributed by atoms with Gasteiger partial charge in [0, 0.05) is 12.8 Å². The van der Waals surface area contributed by atoms with Crippen LogP contribution in [0.4, 0.5) is 5.13 Å². The van der Waals surface area contributed by atoms with Crippen molar-refractivity contribution in [1.82, 2.24) is 4.98 Å². The monoisotopic (exact) mass is 303 g/mol. The highest BCUT2D eigenvalue weighted by Crippen LogP contribution is 2.47. The average Bonchev–Trinajstić information content (AvgIpc) is 3.06. The molecule has 1 aliphatic heterocycles. The van der Waals surface area contributed by atoms with E-state index in [0.717, 1.165) is 30.6 Å². The summed E-state index contributed by atoms with van der Waals surface area (Å²) in [4.78, 5) is 30.9. The Morgan fingerprint density at radius 3 is 2.57 bits per heavy atom. The number of rotatable bonds is 1. The molecule has 1 aromatic rings. The van der Waals surface area contributed by atoms with Gasteiger partial charge in [-0.25, -0.2) is 9.88 Å². The minimum atomic E-state index is -0.124. The lowest BCUT2D eigenvalue weighted by molar-refractivity contribution is -0.133. The maximum atomic E-state index is 12.4. The first kappa shape index (κ1) is 14.2. The molecular formula is C15H17N3O2S. The van der Waals surface area contributed by atoms with Crippen molar-refractivity contribution in [3.63, 3.8) is 0 Å². The zero-order chi connectivity index (χ0) is 14.9. The van der Waals surface area contributed by atoms with E-state index in [1.165, 1.54) is 16.2 Å². The van der Waals surface area contributed by atoms with E-state index in [4.69, 9.17) is 5.73 Å². The number of nitrogens with zero attached hydrogens (tertiary/aromatic N) is 2. The van der Waals surface area contributed by atoms with Gasteiger partial charge in [-0.05, 0) is 18.3 Å². The second kappa shape index (κ2) is 5.58. The summed E-state index contributed by atoms with van der Waals surface area (Å²) >= 11 is 1.26. The highest BCUT2D eigenvalue weighted by atomic mass is 32.1. The lowest BCUT2D eigenvalue weighted by atomic mass is 9.76. The summed E-state index contributed by atoms with van der Waals surface area (Å²) in [6.45, 7) is 0.275. The fourth-order valence-electron chi connectivity index (χ4n) is 3.26. The van der Waals surface area contributed by atoms with Gasteiger partial charge in [0.2, 0.25) is 11.8 Å². The Kier molecular flexibility index (Phi) is 3.79. The number of amides is 2. The number of carbonyl (C=O) groups excluding carboxylic acids is 2. The Labute approximate surface area is 127 Å². The van der Waals surface area contributed by atoms with E-state index in [0.29, 0.717) is 18.0 Å². The molecule has 21 heavy (non-hydrogen) atoms. The van der Waals surface area contributed by atoms with Gasteiger partial charge < -0.3 is 5.73 Å². The van der Waals surface area contributed by atoms with Crippen molar-refractivity contribution in [1.29, 1.82) is 0 Å². The van der Waals surface area contributed by atoms with Crippen LogP contribution in [0.15, 0.2) is 6.20 Å². The lowest BCUT2D eigenvalue weighted by Crippen LogP contribution is -2.47. The molecule has 0 radical (unpaired) electrons. The molecule has 1 aliphatic carbocycles. The molecule has 2 aliphatic rings. The Balaban J connectivity index is 1.81. The van der Waals surface area contributed by atoms with Gasteiger partial charge in [0.15, 0.2) is 5.13 Å². The van der Waals surface area contributed by atoms with Crippen molar-refractivity contribution in [2.75, 3.05) is 11.4 Å². The van der Waals surface area contributed by atoms with Gasteiger partial charge in [0.25, 0.3) is 0 Å². The van der Waals surface area contributed by atoms with Crippen LogP contribution in [0, 0.1) is 17.3 Å². The molecule has 5 nitrogen and oxygen atoms in total. The standard InChI is InChI=1S/C15H17N3O2S/c16-7-3-4-11-10-17-14(21-11)18-12(19)8-15(9-13(18)20)5-1-2-6-15/h10H,1-2,5-9,16H2. The number of nitrogens with two attached hydrogens (primary N) is 1. The molecule has 1 saturated heterocycles. The van der Waals surface area contributed by atoms with E-state index < -0.39 is 0 Å². The van der Waals surface area contributed by atoms with Crippen LogP contribution >= 0.6 is 11.3 Å². The largest absolute Gasteiger partial charge is 0.320 e. The van der Waals surface area contributed by atoms with Crippen LogP contribution in [0.3, 0.4) is 0 Å². The van der Waals surface area contributed by atoms with Crippen molar-refractivity contribution >= 4 is 28.3 Å². The van der Waals surface area contributed by atoms with E-state index in [1.54, 1.807) is 6.20 Å². The molecule has 110 valence electrons. The molecule has 2 heterocycles. The first-order chi connectivity index (χ1) is 10.1. The van der Waals surface area contributed by atoms with E-state index >= 15 is 0 Å². The van der Waals surface area contributed by atoms with Crippen molar-refractivity contribution < 1.29 is 9.59 Å². The van der Waals surface area contributed by atoms with Crippen LogP contribution in [0.2, 0.25) is 0 Å². The van der Waals surface area contributed by atoms with Crippen LogP contribution in [0.5, 0.6) is 0 Å². The molecule has 2 N–H and O–H groups in total. The highest BCUT2D eigenvalue weighted by molar-refractivity contribution is 7.16. The highest BCUT2D eigenvalue weighted by Gasteiger charge is 2.46. The zero-order valence-corrected chi connectivity index (χ0v) is 12.5. The van der Waals surface area contributed by atoms with Crippen LogP contribution < -0.4 is 10.6 Å². The Morgan fingerprint density at radius 1 is 1.29 bits per heavy atom. The molecule has 3 rings (SSSR count). The van der Waals surface area contributed by atoms with Gasteiger partial charge >= 0.3 is 0 Å². The zero-order valence-electron chi connectivity index (χ0n) is 11.7. The molecule has 2 fully saturated rings. The van der Waals surface area contributed by atoms with E-state index in [2.05, 4.69) is 16.8 Å². The smallest absolute Gasteiger partial charge is 0.236 e. The van der Waals surface area contributed by atoms with Gasteiger partial charge in [-0.2, -0.15) is 0 Å². The first-order valence-corrected chi connectivity index (χ1v) is 7.96. The lowest BCUT2D eigenvalue weighted by Gasteiger charge is -2.36. The van der Waals surface area contributed by atoms with Gasteiger partial charge in [-0.1, -0.05) is 36.0 Å². The van der Waals surface area contributed by atoms with Gasteiger partial charge in [0.1, 0.15) is 0 Å². The van der Waals surface area contributed by atoms with Crippen LogP contribution in [-0.2, 0) is 9.59 Å². The summed E-state index contributed by atoms with van der Waals surface area (Å²) in [5.41, 5.74) is 5.25. The molecule has 1 aromatic heterocycles. The predicted molar refractivity (Wildman–Crippen MR) is 80.7 cm³/mol. The molecule has 6 heteroatoms. The predicted octanol–water partition coefficient (Wildman–Crippen LogP) is 1.67.